The molecule has 2 aliphatic rings. The van der Waals surface area contributed by atoms with E-state index >= 15 is 0 Å². The third kappa shape index (κ3) is 4.41. The van der Waals surface area contributed by atoms with Crippen molar-refractivity contribution in [3.05, 3.63) is 29.8 Å². The largest absolute Gasteiger partial charge is 0.367 e. The van der Waals surface area contributed by atoms with Crippen molar-refractivity contribution in [2.75, 3.05) is 33.5 Å². The standard InChI is InChI=1S/C17H26N4O4S/c1-25-12-21(19-14-8-9-20(11-14)10-13-6-7-13)26(23,24)16-5-3-2-4-15(16)17(18)22/h2-5,13-14,19H,6-12H2,1H3,(H2,18,22). The number of amides is 1. The van der Waals surface area contributed by atoms with Crippen molar-refractivity contribution in [2.45, 2.75) is 30.2 Å². The van der Waals surface area contributed by atoms with Crippen molar-refractivity contribution in [1.29, 1.82) is 0 Å². The van der Waals surface area contributed by atoms with Crippen molar-refractivity contribution >= 4 is 15.9 Å². The minimum atomic E-state index is -3.98. The Labute approximate surface area is 154 Å². The van der Waals surface area contributed by atoms with E-state index in [-0.39, 0.29) is 23.2 Å². The highest BCUT2D eigenvalue weighted by Crippen LogP contribution is 2.31. The quantitative estimate of drug-likeness (QED) is 0.472. The number of nitrogens with two attached hydrogens (primary N) is 1. The predicted molar refractivity (Wildman–Crippen MR) is 96.6 cm³/mol. The molecule has 9 heteroatoms. The number of hydrogen-bond acceptors (Lipinski definition) is 6. The minimum Gasteiger partial charge on any atom is -0.367 e. The van der Waals surface area contributed by atoms with Crippen molar-refractivity contribution in [2.24, 2.45) is 11.7 Å². The van der Waals surface area contributed by atoms with Gasteiger partial charge >= 0.3 is 0 Å². The summed E-state index contributed by atoms with van der Waals surface area (Å²) in [6.07, 6.45) is 3.45. The topological polar surface area (TPSA) is 105 Å². The molecule has 0 aromatic heterocycles. The van der Waals surface area contributed by atoms with Crippen LogP contribution in [0.3, 0.4) is 0 Å². The van der Waals surface area contributed by atoms with Crippen LogP contribution in [0.5, 0.6) is 0 Å². The van der Waals surface area contributed by atoms with E-state index in [4.69, 9.17) is 10.5 Å². The zero-order chi connectivity index (χ0) is 18.7. The Kier molecular flexibility index (Phi) is 5.93. The van der Waals surface area contributed by atoms with Gasteiger partial charge in [-0.05, 0) is 43.9 Å². The number of rotatable bonds is 9. The molecule has 0 radical (unpaired) electrons. The van der Waals surface area contributed by atoms with E-state index in [2.05, 4.69) is 10.3 Å². The Morgan fingerprint density at radius 2 is 2.08 bits per heavy atom. The number of methoxy groups -OCH3 is 1. The first kappa shape index (κ1) is 19.2. The molecule has 1 aromatic rings. The Bertz CT molecular complexity index is 751. The molecule has 0 spiro atoms. The minimum absolute atomic E-state index is 0.0133. The molecule has 26 heavy (non-hydrogen) atoms. The van der Waals surface area contributed by atoms with Gasteiger partial charge < -0.3 is 15.4 Å². The van der Waals surface area contributed by atoms with E-state index in [1.807, 2.05) is 0 Å². The average molecular weight is 382 g/mol. The molecular formula is C17H26N4O4S. The average Bonchev–Trinajstić information content (AvgIpc) is 3.32. The van der Waals surface area contributed by atoms with Gasteiger partial charge in [0.1, 0.15) is 6.73 Å². The number of benzene rings is 1. The van der Waals surface area contributed by atoms with Crippen LogP contribution in [-0.2, 0) is 14.8 Å². The Balaban J connectivity index is 1.75. The molecule has 2 fully saturated rings. The van der Waals surface area contributed by atoms with Crippen LogP contribution >= 0.6 is 0 Å². The number of ether oxygens (including phenoxy) is 1. The van der Waals surface area contributed by atoms with Crippen LogP contribution in [0.25, 0.3) is 0 Å². The highest BCUT2D eigenvalue weighted by atomic mass is 32.2. The van der Waals surface area contributed by atoms with Gasteiger partial charge in [-0.2, -0.15) is 0 Å². The maximum absolute atomic E-state index is 13.1. The molecule has 3 N–H and O–H groups in total. The van der Waals surface area contributed by atoms with Crippen LogP contribution in [0.1, 0.15) is 29.6 Å². The third-order valence-electron chi connectivity index (χ3n) is 4.78. The van der Waals surface area contributed by atoms with Crippen LogP contribution in [0.4, 0.5) is 0 Å². The van der Waals surface area contributed by atoms with Gasteiger partial charge in [0.2, 0.25) is 5.91 Å². The van der Waals surface area contributed by atoms with Crippen LogP contribution in [-0.4, -0.2) is 63.2 Å². The first-order chi connectivity index (χ1) is 12.4. The molecule has 1 aromatic carbocycles. The van der Waals surface area contributed by atoms with Gasteiger partial charge in [-0.1, -0.05) is 12.1 Å². The first-order valence-corrected chi connectivity index (χ1v) is 10.2. The summed E-state index contributed by atoms with van der Waals surface area (Å²) in [5, 5.41) is 0. The molecule has 144 valence electrons. The van der Waals surface area contributed by atoms with Gasteiger partial charge in [-0.25, -0.2) is 13.8 Å². The Hall–Kier alpha value is -1.52. The van der Waals surface area contributed by atoms with E-state index in [1.54, 1.807) is 12.1 Å². The Morgan fingerprint density at radius 1 is 1.35 bits per heavy atom. The van der Waals surface area contributed by atoms with Crippen LogP contribution < -0.4 is 11.2 Å². The van der Waals surface area contributed by atoms with Gasteiger partial charge in [0, 0.05) is 26.2 Å². The number of nitrogens with zero attached hydrogens (tertiary/aromatic N) is 2. The molecule has 1 atom stereocenters. The number of sulfonamides is 1. The molecule has 1 heterocycles. The van der Waals surface area contributed by atoms with E-state index in [9.17, 15) is 13.2 Å². The summed E-state index contributed by atoms with van der Waals surface area (Å²) in [4.78, 5) is 13.9. The van der Waals surface area contributed by atoms with Gasteiger partial charge in [0.15, 0.2) is 0 Å². The number of likely N-dealkylation sites (tertiary alicyclic amines) is 1. The van der Waals surface area contributed by atoms with E-state index < -0.39 is 15.9 Å². The fourth-order valence-electron chi connectivity index (χ4n) is 3.28. The van der Waals surface area contributed by atoms with Gasteiger partial charge in [-0.3, -0.25) is 4.79 Å². The maximum Gasteiger partial charge on any atom is 0.258 e. The molecule has 1 unspecified atom stereocenters. The zero-order valence-electron chi connectivity index (χ0n) is 14.9. The smallest absolute Gasteiger partial charge is 0.258 e. The predicted octanol–water partition coefficient (Wildman–Crippen LogP) is 0.369. The summed E-state index contributed by atoms with van der Waals surface area (Å²) >= 11 is 0. The number of carbonyl (C=O) groups is 1. The normalized spacial score (nSPS) is 21.4. The fraction of sp³-hybridized carbons (Fsp3) is 0.588. The SMILES string of the molecule is COCN(NC1CCN(CC2CC2)C1)S(=O)(=O)c1ccccc1C(N)=O. The van der Waals surface area contributed by atoms with Crippen molar-refractivity contribution in [3.8, 4) is 0 Å². The number of hydrazine groups is 1. The molecule has 1 amide bonds. The fourth-order valence-corrected chi connectivity index (χ4v) is 4.75. The van der Waals surface area contributed by atoms with Crippen LogP contribution in [0.2, 0.25) is 0 Å². The number of nitrogens with one attached hydrogen (secondary N) is 1. The van der Waals surface area contributed by atoms with Crippen LogP contribution in [0, 0.1) is 5.92 Å². The van der Waals surface area contributed by atoms with Gasteiger partial charge in [-0.15, -0.1) is 4.41 Å². The van der Waals surface area contributed by atoms with E-state index in [0.29, 0.717) is 0 Å². The second-order valence-electron chi connectivity index (χ2n) is 6.95. The van der Waals surface area contributed by atoms with Gasteiger partial charge in [0.05, 0.1) is 10.5 Å². The lowest BCUT2D eigenvalue weighted by Gasteiger charge is -2.26. The monoisotopic (exact) mass is 382 g/mol. The summed E-state index contributed by atoms with van der Waals surface area (Å²) in [7, 11) is -2.55. The lowest BCUT2D eigenvalue weighted by molar-refractivity contribution is 0.0789. The van der Waals surface area contributed by atoms with Crippen molar-refractivity contribution < 1.29 is 17.9 Å². The maximum atomic E-state index is 13.1. The Morgan fingerprint density at radius 3 is 2.73 bits per heavy atom. The second-order valence-corrected chi connectivity index (χ2v) is 8.78. The second kappa shape index (κ2) is 8.01. The lowest BCUT2D eigenvalue weighted by Crippen LogP contribution is -2.50. The molecule has 1 aliphatic heterocycles. The molecule has 0 bridgehead atoms. The lowest BCUT2D eigenvalue weighted by atomic mass is 10.2. The van der Waals surface area contributed by atoms with Crippen LogP contribution in [0.15, 0.2) is 29.2 Å². The summed E-state index contributed by atoms with van der Waals surface area (Å²) in [6, 6.07) is 5.96. The summed E-state index contributed by atoms with van der Waals surface area (Å²) < 4.78 is 32.3. The molecule has 1 aliphatic carbocycles. The molecule has 1 saturated carbocycles. The highest BCUT2D eigenvalue weighted by Gasteiger charge is 2.34. The zero-order valence-corrected chi connectivity index (χ0v) is 15.7. The number of carbonyl (C=O) groups excluding carboxylic acids is 1. The number of hydrogen-bond donors (Lipinski definition) is 2. The molecular weight excluding hydrogens is 356 g/mol. The third-order valence-corrected chi connectivity index (χ3v) is 6.48. The van der Waals surface area contributed by atoms with Gasteiger partial charge in [0.25, 0.3) is 10.0 Å². The molecule has 1 saturated heterocycles. The van der Waals surface area contributed by atoms with E-state index in [1.165, 1.54) is 32.1 Å². The number of primary amides is 1. The summed E-state index contributed by atoms with van der Waals surface area (Å²) in [5.74, 6) is 0.0213. The van der Waals surface area contributed by atoms with E-state index in [0.717, 1.165) is 36.4 Å². The summed E-state index contributed by atoms with van der Waals surface area (Å²) in [5.41, 5.74) is 8.38. The molecule has 8 nitrogen and oxygen atoms in total. The highest BCUT2D eigenvalue weighted by molar-refractivity contribution is 7.89. The first-order valence-electron chi connectivity index (χ1n) is 8.81. The summed E-state index contributed by atoms with van der Waals surface area (Å²) in [6.45, 7) is 2.67. The molecule has 3 rings (SSSR count). The van der Waals surface area contributed by atoms with Crippen molar-refractivity contribution in [3.63, 3.8) is 0 Å². The van der Waals surface area contributed by atoms with Crippen molar-refractivity contribution in [1.82, 2.24) is 14.7 Å².